The Hall–Kier alpha value is -7.52. The Morgan fingerprint density at radius 3 is 1.49 bits per heavy atom. The van der Waals surface area contributed by atoms with Crippen molar-refractivity contribution >= 4 is 65.0 Å². The summed E-state index contributed by atoms with van der Waals surface area (Å²) in [6, 6.07) is 33.3. The lowest BCUT2D eigenvalue weighted by molar-refractivity contribution is 0.393. The second kappa shape index (κ2) is 10.5. The van der Waals surface area contributed by atoms with Gasteiger partial charge in [0.2, 0.25) is 0 Å². The van der Waals surface area contributed by atoms with Gasteiger partial charge in [0, 0.05) is 49.0 Å². The van der Waals surface area contributed by atoms with E-state index in [1.54, 1.807) is 36.4 Å². The predicted molar refractivity (Wildman–Crippen MR) is 205 cm³/mol. The van der Waals surface area contributed by atoms with Crippen LogP contribution >= 0.6 is 0 Å². The standard InChI is InChI=1S/C44H26O9/c45-36-28(21-17-15-20(16-18-21)23-11-5-8-19-7-1-2-9-22(19)23)32-30-31-33(39(48)43(52)34(30)40(36)49)29(37(46)41(50)35(31)42(51)38(32)47)26-13-6-12-25-24-10-3-4-14-27(24)53-44(25)26/h1-18,45-52H. The Balaban J connectivity index is 1.32. The minimum atomic E-state index is -0.873. The van der Waals surface area contributed by atoms with Crippen molar-refractivity contribution in [2.75, 3.05) is 0 Å². The van der Waals surface area contributed by atoms with Crippen molar-refractivity contribution in [3.8, 4) is 79.4 Å². The molecule has 0 bridgehead atoms. The molecular formula is C44H26O9. The third-order valence-corrected chi connectivity index (χ3v) is 10.5. The topological polar surface area (TPSA) is 175 Å². The lowest BCUT2D eigenvalue weighted by atomic mass is 9.83. The first-order chi connectivity index (χ1) is 25.7. The van der Waals surface area contributed by atoms with Gasteiger partial charge >= 0.3 is 0 Å². The van der Waals surface area contributed by atoms with Gasteiger partial charge in [-0.2, -0.15) is 0 Å². The van der Waals surface area contributed by atoms with Crippen molar-refractivity contribution in [1.82, 2.24) is 0 Å². The fourth-order valence-electron chi connectivity index (χ4n) is 8.14. The molecule has 0 aliphatic carbocycles. The first-order valence-corrected chi connectivity index (χ1v) is 16.7. The zero-order valence-corrected chi connectivity index (χ0v) is 27.4. The maximum Gasteiger partial charge on any atom is 0.170 e. The molecule has 1 aromatic heterocycles. The van der Waals surface area contributed by atoms with E-state index in [1.807, 2.05) is 72.8 Å². The summed E-state index contributed by atoms with van der Waals surface area (Å²) in [6.45, 7) is 0. The van der Waals surface area contributed by atoms with Crippen LogP contribution in [0.4, 0.5) is 0 Å². The molecule has 0 spiro atoms. The SMILES string of the molecule is Oc1c(O)c2c(O)c(O)c3c(-c4cccc5c4oc4ccccc45)c(O)c(O)c4c(O)c(O)c(c1-c1ccc(-c5cccc6ccccc56)cc1)c2c43. The summed E-state index contributed by atoms with van der Waals surface area (Å²) in [5.41, 5.74) is 2.99. The molecule has 10 aromatic rings. The average Bonchev–Trinajstić information content (AvgIpc) is 3.57. The minimum Gasteiger partial charge on any atom is -0.504 e. The number of benzene rings is 9. The van der Waals surface area contributed by atoms with E-state index in [0.29, 0.717) is 22.1 Å². The summed E-state index contributed by atoms with van der Waals surface area (Å²) in [6.07, 6.45) is 0. The summed E-state index contributed by atoms with van der Waals surface area (Å²) in [5, 5.41) is 94.8. The number of phenolic OH excluding ortho intramolecular Hbond substituents is 8. The van der Waals surface area contributed by atoms with Gasteiger partial charge in [-0.3, -0.25) is 0 Å². The van der Waals surface area contributed by atoms with Crippen molar-refractivity contribution in [1.29, 1.82) is 0 Å². The van der Waals surface area contributed by atoms with Crippen LogP contribution < -0.4 is 0 Å². The molecule has 53 heavy (non-hydrogen) atoms. The fraction of sp³-hybridized carbons (Fsp3) is 0. The quantitative estimate of drug-likeness (QED) is 0.0659. The second-order valence-electron chi connectivity index (χ2n) is 13.2. The summed E-state index contributed by atoms with van der Waals surface area (Å²) >= 11 is 0. The third kappa shape index (κ3) is 3.85. The average molecular weight is 699 g/mol. The number of hydrogen-bond donors (Lipinski definition) is 8. The first-order valence-electron chi connectivity index (χ1n) is 16.7. The minimum absolute atomic E-state index is 0.0888. The molecule has 0 amide bonds. The molecule has 0 aliphatic rings. The second-order valence-corrected chi connectivity index (χ2v) is 13.2. The smallest absolute Gasteiger partial charge is 0.170 e. The number of para-hydroxylation sites is 2. The van der Waals surface area contributed by atoms with Crippen LogP contribution in [0.25, 0.3) is 98.4 Å². The Bertz CT molecular complexity index is 3190. The summed E-state index contributed by atoms with van der Waals surface area (Å²) in [7, 11) is 0. The van der Waals surface area contributed by atoms with E-state index in [2.05, 4.69) is 0 Å². The molecule has 0 fully saturated rings. The van der Waals surface area contributed by atoms with Crippen LogP contribution in [-0.4, -0.2) is 40.9 Å². The Kier molecular flexibility index (Phi) is 6.01. The highest BCUT2D eigenvalue weighted by Crippen LogP contribution is 2.64. The Labute approximate surface area is 298 Å². The van der Waals surface area contributed by atoms with Crippen molar-refractivity contribution in [3.05, 3.63) is 109 Å². The molecule has 0 atom stereocenters. The van der Waals surface area contributed by atoms with Crippen LogP contribution in [0.1, 0.15) is 0 Å². The van der Waals surface area contributed by atoms with E-state index in [9.17, 15) is 40.9 Å². The highest BCUT2D eigenvalue weighted by molar-refractivity contribution is 6.37. The van der Waals surface area contributed by atoms with Gasteiger partial charge in [-0.05, 0) is 33.5 Å². The van der Waals surface area contributed by atoms with E-state index >= 15 is 0 Å². The van der Waals surface area contributed by atoms with Crippen molar-refractivity contribution in [2.45, 2.75) is 0 Å². The molecule has 0 saturated heterocycles. The van der Waals surface area contributed by atoms with Crippen LogP contribution in [0.15, 0.2) is 114 Å². The normalized spacial score (nSPS) is 12.0. The number of furan rings is 1. The van der Waals surface area contributed by atoms with Crippen LogP contribution in [0.5, 0.6) is 46.0 Å². The zero-order valence-electron chi connectivity index (χ0n) is 27.4. The third-order valence-electron chi connectivity index (χ3n) is 10.5. The van der Waals surface area contributed by atoms with Crippen molar-refractivity contribution in [2.24, 2.45) is 0 Å². The fourth-order valence-corrected chi connectivity index (χ4v) is 8.14. The summed E-state index contributed by atoms with van der Waals surface area (Å²) in [5.74, 6) is -6.54. The van der Waals surface area contributed by atoms with E-state index in [1.165, 1.54) is 0 Å². The van der Waals surface area contributed by atoms with Crippen molar-refractivity contribution < 1.29 is 45.3 Å². The van der Waals surface area contributed by atoms with Gasteiger partial charge in [0.1, 0.15) is 11.2 Å². The predicted octanol–water partition coefficient (Wildman–Crippen LogP) is 10.3. The molecule has 9 heteroatoms. The molecule has 9 aromatic carbocycles. The van der Waals surface area contributed by atoms with E-state index in [0.717, 1.165) is 27.3 Å². The highest BCUT2D eigenvalue weighted by Gasteiger charge is 2.35. The first kappa shape index (κ1) is 30.3. The van der Waals surface area contributed by atoms with Crippen LogP contribution in [0.3, 0.4) is 0 Å². The van der Waals surface area contributed by atoms with E-state index in [-0.39, 0.29) is 38.2 Å². The van der Waals surface area contributed by atoms with Crippen LogP contribution in [0, 0.1) is 0 Å². The van der Waals surface area contributed by atoms with Crippen LogP contribution in [-0.2, 0) is 0 Å². The molecule has 10 rings (SSSR count). The summed E-state index contributed by atoms with van der Waals surface area (Å²) in [4.78, 5) is 0. The molecule has 0 aliphatic heterocycles. The molecule has 0 unspecified atom stereocenters. The monoisotopic (exact) mass is 698 g/mol. The summed E-state index contributed by atoms with van der Waals surface area (Å²) < 4.78 is 6.21. The van der Waals surface area contributed by atoms with Gasteiger partial charge in [0.05, 0.1) is 10.8 Å². The van der Waals surface area contributed by atoms with Gasteiger partial charge in [0.25, 0.3) is 0 Å². The van der Waals surface area contributed by atoms with Crippen molar-refractivity contribution in [3.63, 3.8) is 0 Å². The Morgan fingerprint density at radius 1 is 0.321 bits per heavy atom. The lowest BCUT2D eigenvalue weighted by Gasteiger charge is -2.23. The number of fused-ring (bicyclic) bond motifs is 4. The number of rotatable bonds is 3. The largest absolute Gasteiger partial charge is 0.504 e. The zero-order chi connectivity index (χ0) is 36.4. The molecule has 0 saturated carbocycles. The van der Waals surface area contributed by atoms with Crippen LogP contribution in [0.2, 0.25) is 0 Å². The molecular weight excluding hydrogens is 672 g/mol. The Morgan fingerprint density at radius 2 is 0.792 bits per heavy atom. The molecule has 1 heterocycles. The van der Waals surface area contributed by atoms with Gasteiger partial charge < -0.3 is 45.3 Å². The molecule has 8 N–H and O–H groups in total. The molecule has 256 valence electrons. The highest BCUT2D eigenvalue weighted by atomic mass is 16.3. The van der Waals surface area contributed by atoms with Gasteiger partial charge in [0.15, 0.2) is 46.0 Å². The number of phenols is 8. The lowest BCUT2D eigenvalue weighted by Crippen LogP contribution is -1.95. The maximum absolute atomic E-state index is 11.7. The van der Waals surface area contributed by atoms with Gasteiger partial charge in [-0.1, -0.05) is 103 Å². The molecule has 0 radical (unpaired) electrons. The number of hydrogen-bond acceptors (Lipinski definition) is 9. The number of aromatic hydroxyl groups is 8. The van der Waals surface area contributed by atoms with E-state index < -0.39 is 56.8 Å². The van der Waals surface area contributed by atoms with Gasteiger partial charge in [-0.15, -0.1) is 0 Å². The molecule has 9 nitrogen and oxygen atoms in total. The maximum atomic E-state index is 11.7. The van der Waals surface area contributed by atoms with E-state index in [4.69, 9.17) is 4.42 Å². The van der Waals surface area contributed by atoms with Gasteiger partial charge in [-0.25, -0.2) is 0 Å².